The number of hydrogen-bond donors (Lipinski definition) is 3. The lowest BCUT2D eigenvalue weighted by atomic mass is 10.0. The van der Waals surface area contributed by atoms with E-state index in [1.807, 2.05) is 13.0 Å². The highest BCUT2D eigenvalue weighted by Crippen LogP contribution is 2.19. The van der Waals surface area contributed by atoms with Crippen molar-refractivity contribution in [3.63, 3.8) is 0 Å². The van der Waals surface area contributed by atoms with Crippen LogP contribution in [0.15, 0.2) is 46.0 Å². The van der Waals surface area contributed by atoms with Gasteiger partial charge in [-0.05, 0) is 50.1 Å². The van der Waals surface area contributed by atoms with Crippen molar-refractivity contribution in [1.82, 2.24) is 10.6 Å². The molecule has 0 aliphatic heterocycles. The number of aliphatic imine (C=N–C) groups is 1. The molecule has 5 nitrogen and oxygen atoms in total. The Hall–Kier alpha value is -1.61. The molecule has 0 saturated carbocycles. The summed E-state index contributed by atoms with van der Waals surface area (Å²) in [5, 5.41) is 16.6. The maximum absolute atomic E-state index is 13.6. The summed E-state index contributed by atoms with van der Waals surface area (Å²) < 4.78 is 18.8. The van der Waals surface area contributed by atoms with Gasteiger partial charge in [0.15, 0.2) is 5.96 Å². The molecule has 0 amide bonds. The molecule has 3 N–H and O–H groups in total. The Labute approximate surface area is 164 Å². The fourth-order valence-corrected chi connectivity index (χ4v) is 2.17. The number of aryl methyl sites for hydroxylation is 1. The molecule has 1 aromatic carbocycles. The molecule has 2 aromatic rings. The minimum atomic E-state index is -1.16. The molecule has 1 atom stereocenters. The van der Waals surface area contributed by atoms with E-state index in [2.05, 4.69) is 15.6 Å². The van der Waals surface area contributed by atoms with Gasteiger partial charge in [0.05, 0.1) is 19.4 Å². The van der Waals surface area contributed by atoms with Crippen LogP contribution < -0.4 is 10.6 Å². The highest BCUT2D eigenvalue weighted by molar-refractivity contribution is 14.0. The lowest BCUT2D eigenvalue weighted by molar-refractivity contribution is 0.0386. The summed E-state index contributed by atoms with van der Waals surface area (Å²) in [5.41, 5.74) is 0.241. The maximum Gasteiger partial charge on any atom is 0.191 e. The number of hydrogen-bond acceptors (Lipinski definition) is 3. The van der Waals surface area contributed by atoms with E-state index in [0.717, 1.165) is 5.56 Å². The lowest BCUT2D eigenvalue weighted by Gasteiger charge is -2.22. The van der Waals surface area contributed by atoms with Gasteiger partial charge >= 0.3 is 0 Å². The van der Waals surface area contributed by atoms with Gasteiger partial charge in [0.2, 0.25) is 0 Å². The van der Waals surface area contributed by atoms with Crippen LogP contribution in [0.25, 0.3) is 0 Å². The quantitative estimate of drug-likeness (QED) is 0.351. The third-order valence-corrected chi connectivity index (χ3v) is 3.65. The Morgan fingerprint density at radius 2 is 2.08 bits per heavy atom. The van der Waals surface area contributed by atoms with E-state index in [1.165, 1.54) is 12.3 Å². The van der Waals surface area contributed by atoms with Gasteiger partial charge in [-0.1, -0.05) is 12.1 Å². The molecule has 2 rings (SSSR count). The molecule has 0 saturated heterocycles. The summed E-state index contributed by atoms with van der Waals surface area (Å²) in [7, 11) is 0. The fourth-order valence-electron chi connectivity index (χ4n) is 2.17. The first-order chi connectivity index (χ1) is 11.4. The van der Waals surface area contributed by atoms with Gasteiger partial charge in [-0.25, -0.2) is 9.38 Å². The molecule has 1 heterocycles. The lowest BCUT2D eigenvalue weighted by Crippen LogP contribution is -2.44. The van der Waals surface area contributed by atoms with Crippen molar-refractivity contribution in [3.8, 4) is 0 Å². The fraction of sp³-hybridized carbons (Fsp3) is 0.389. The average molecular weight is 461 g/mol. The van der Waals surface area contributed by atoms with E-state index < -0.39 is 5.60 Å². The second-order valence-electron chi connectivity index (χ2n) is 5.88. The molecule has 1 aromatic heterocycles. The Kier molecular flexibility index (Phi) is 8.37. The van der Waals surface area contributed by atoms with E-state index in [9.17, 15) is 9.50 Å². The topological polar surface area (TPSA) is 69.8 Å². The molecule has 0 spiro atoms. The van der Waals surface area contributed by atoms with Crippen LogP contribution in [0.5, 0.6) is 0 Å². The highest BCUT2D eigenvalue weighted by atomic mass is 127. The number of nitrogens with zero attached hydrogens (tertiary/aromatic N) is 1. The van der Waals surface area contributed by atoms with Crippen molar-refractivity contribution in [2.24, 2.45) is 4.99 Å². The van der Waals surface area contributed by atoms with Crippen LogP contribution in [0.1, 0.15) is 30.7 Å². The van der Waals surface area contributed by atoms with Crippen molar-refractivity contribution in [1.29, 1.82) is 0 Å². The molecule has 25 heavy (non-hydrogen) atoms. The molecule has 138 valence electrons. The van der Waals surface area contributed by atoms with E-state index in [0.29, 0.717) is 30.4 Å². The first kappa shape index (κ1) is 21.4. The average Bonchev–Trinajstić information content (AvgIpc) is 3.09. The van der Waals surface area contributed by atoms with Gasteiger partial charge in [-0.3, -0.25) is 0 Å². The highest BCUT2D eigenvalue weighted by Gasteiger charge is 2.26. The van der Waals surface area contributed by atoms with Crippen LogP contribution in [0.4, 0.5) is 4.39 Å². The van der Waals surface area contributed by atoms with Crippen LogP contribution in [-0.2, 0) is 12.1 Å². The second-order valence-corrected chi connectivity index (χ2v) is 5.88. The molecule has 0 aliphatic carbocycles. The van der Waals surface area contributed by atoms with Crippen LogP contribution >= 0.6 is 24.0 Å². The normalized spacial score (nSPS) is 13.7. The summed E-state index contributed by atoms with van der Waals surface area (Å²) in [6.45, 7) is 6.59. The first-order valence-corrected chi connectivity index (χ1v) is 7.96. The first-order valence-electron chi connectivity index (χ1n) is 7.96. The zero-order valence-electron chi connectivity index (χ0n) is 14.7. The van der Waals surface area contributed by atoms with E-state index >= 15 is 0 Å². The maximum atomic E-state index is 13.6. The molecule has 1 unspecified atom stereocenters. The van der Waals surface area contributed by atoms with Crippen molar-refractivity contribution in [3.05, 3.63) is 59.3 Å². The predicted octanol–water partition coefficient (Wildman–Crippen LogP) is 3.31. The van der Waals surface area contributed by atoms with Gasteiger partial charge in [-0.2, -0.15) is 0 Å². The smallest absolute Gasteiger partial charge is 0.191 e. The Balaban J connectivity index is 0.00000312. The summed E-state index contributed by atoms with van der Waals surface area (Å²) in [6.07, 6.45) is 1.52. The molecule has 0 radical (unpaired) electrons. The van der Waals surface area contributed by atoms with Gasteiger partial charge < -0.3 is 20.2 Å². The number of benzene rings is 1. The number of furan rings is 1. The number of aliphatic hydroxyl groups is 1. The number of guanidine groups is 1. The second kappa shape index (κ2) is 9.76. The molecular formula is C18H25FIN3O2. The van der Waals surface area contributed by atoms with E-state index in [1.54, 1.807) is 32.0 Å². The van der Waals surface area contributed by atoms with Crippen LogP contribution in [-0.4, -0.2) is 24.2 Å². The van der Waals surface area contributed by atoms with Gasteiger partial charge in [0.25, 0.3) is 0 Å². The minimum absolute atomic E-state index is 0. The SMILES string of the molecule is CCNC(=NCc1ccc(C)c(F)c1)NCC(C)(O)c1ccco1.I. The number of rotatable bonds is 6. The third kappa shape index (κ3) is 6.32. The zero-order chi connectivity index (χ0) is 17.6. The number of nitrogens with one attached hydrogen (secondary N) is 2. The summed E-state index contributed by atoms with van der Waals surface area (Å²) in [5.74, 6) is 0.790. The molecule has 0 fully saturated rings. The third-order valence-electron chi connectivity index (χ3n) is 3.65. The van der Waals surface area contributed by atoms with Crippen molar-refractivity contribution >= 4 is 29.9 Å². The summed E-state index contributed by atoms with van der Waals surface area (Å²) in [6, 6.07) is 8.53. The Morgan fingerprint density at radius 3 is 2.68 bits per heavy atom. The van der Waals surface area contributed by atoms with Crippen molar-refractivity contribution in [2.45, 2.75) is 32.9 Å². The minimum Gasteiger partial charge on any atom is -0.466 e. The molecule has 0 bridgehead atoms. The molecule has 0 aliphatic rings. The number of halogens is 2. The summed E-state index contributed by atoms with van der Waals surface area (Å²) in [4.78, 5) is 4.42. The monoisotopic (exact) mass is 461 g/mol. The van der Waals surface area contributed by atoms with Gasteiger partial charge in [0.1, 0.15) is 17.2 Å². The van der Waals surface area contributed by atoms with Gasteiger partial charge in [-0.15, -0.1) is 24.0 Å². The van der Waals surface area contributed by atoms with E-state index in [4.69, 9.17) is 4.42 Å². The Bertz CT molecular complexity index is 688. The Morgan fingerprint density at radius 1 is 1.32 bits per heavy atom. The standard InChI is InChI=1S/C18H24FN3O2.HI/c1-4-20-17(21-11-14-8-7-13(2)15(19)10-14)22-12-18(3,23)16-6-5-9-24-16;/h5-10,23H,4,11-12H2,1-3H3,(H2,20,21,22);1H. The zero-order valence-corrected chi connectivity index (χ0v) is 17.0. The van der Waals surface area contributed by atoms with Crippen molar-refractivity contribution in [2.75, 3.05) is 13.1 Å². The largest absolute Gasteiger partial charge is 0.466 e. The van der Waals surface area contributed by atoms with Crippen LogP contribution in [0.3, 0.4) is 0 Å². The van der Waals surface area contributed by atoms with E-state index in [-0.39, 0.29) is 36.3 Å². The summed E-state index contributed by atoms with van der Waals surface area (Å²) >= 11 is 0. The van der Waals surface area contributed by atoms with Crippen molar-refractivity contribution < 1.29 is 13.9 Å². The van der Waals surface area contributed by atoms with Gasteiger partial charge in [0, 0.05) is 6.54 Å². The molecular weight excluding hydrogens is 436 g/mol. The predicted molar refractivity (Wildman–Crippen MR) is 108 cm³/mol. The molecule has 7 heteroatoms. The van der Waals surface area contributed by atoms with Crippen LogP contribution in [0, 0.1) is 12.7 Å². The van der Waals surface area contributed by atoms with Crippen LogP contribution in [0.2, 0.25) is 0 Å².